The number of rotatable bonds is 6. The van der Waals surface area contributed by atoms with Gasteiger partial charge in [0.15, 0.2) is 5.75 Å². The summed E-state index contributed by atoms with van der Waals surface area (Å²) in [5, 5.41) is 29.9. The van der Waals surface area contributed by atoms with Crippen molar-refractivity contribution in [3.8, 4) is 17.6 Å². The number of aromatic hydroxyl groups is 1. The summed E-state index contributed by atoms with van der Waals surface area (Å²) in [6, 6.07) is 11.1. The molecule has 0 aliphatic carbocycles. The molecule has 0 atom stereocenters. The first-order valence-corrected chi connectivity index (χ1v) is 9.55. The van der Waals surface area contributed by atoms with Crippen LogP contribution in [0.15, 0.2) is 41.3 Å². The third-order valence-electron chi connectivity index (χ3n) is 4.21. The Morgan fingerprint density at radius 3 is 2.73 bits per heavy atom. The van der Waals surface area contributed by atoms with Crippen LogP contribution in [-0.2, 0) is 11.3 Å². The highest BCUT2D eigenvalue weighted by atomic mass is 32.2. The summed E-state index contributed by atoms with van der Waals surface area (Å²) in [6.07, 6.45) is 1.33. The van der Waals surface area contributed by atoms with Crippen LogP contribution < -0.4 is 4.74 Å². The van der Waals surface area contributed by atoms with Gasteiger partial charge in [0.2, 0.25) is 5.75 Å². The van der Waals surface area contributed by atoms with Crippen molar-refractivity contribution in [1.82, 2.24) is 4.90 Å². The van der Waals surface area contributed by atoms with Crippen molar-refractivity contribution in [2.75, 3.05) is 6.61 Å². The van der Waals surface area contributed by atoms with Crippen LogP contribution in [0.4, 0.5) is 10.5 Å². The smallest absolute Gasteiger partial charge is 0.315 e. The maximum atomic E-state index is 12.7. The highest BCUT2D eigenvalue weighted by Gasteiger charge is 2.35. The number of carbonyl (C=O) groups is 2. The fourth-order valence-corrected chi connectivity index (χ4v) is 3.67. The Bertz CT molecular complexity index is 1120. The molecule has 0 unspecified atom stereocenters. The van der Waals surface area contributed by atoms with Gasteiger partial charge >= 0.3 is 5.69 Å². The Labute approximate surface area is 175 Å². The fourth-order valence-electron chi connectivity index (χ4n) is 2.83. The van der Waals surface area contributed by atoms with Gasteiger partial charge in [0.25, 0.3) is 11.1 Å². The van der Waals surface area contributed by atoms with E-state index in [1.807, 2.05) is 6.07 Å². The van der Waals surface area contributed by atoms with Gasteiger partial charge in [0.1, 0.15) is 0 Å². The Morgan fingerprint density at radius 2 is 2.07 bits per heavy atom. The zero-order valence-electron chi connectivity index (χ0n) is 15.7. The third-order valence-corrected chi connectivity index (χ3v) is 5.12. The lowest BCUT2D eigenvalue weighted by Crippen LogP contribution is -2.27. The molecule has 0 aromatic heterocycles. The molecule has 3 rings (SSSR count). The summed E-state index contributed by atoms with van der Waals surface area (Å²) in [5.74, 6) is -1.29. The number of ether oxygens (including phenoxy) is 1. The molecule has 30 heavy (non-hydrogen) atoms. The molecule has 1 saturated heterocycles. The quantitative estimate of drug-likeness (QED) is 0.419. The van der Waals surface area contributed by atoms with Crippen LogP contribution >= 0.6 is 11.8 Å². The van der Waals surface area contributed by atoms with E-state index in [9.17, 15) is 30.1 Å². The van der Waals surface area contributed by atoms with E-state index in [1.165, 1.54) is 12.1 Å². The molecule has 1 heterocycles. The van der Waals surface area contributed by atoms with Crippen molar-refractivity contribution >= 4 is 34.7 Å². The van der Waals surface area contributed by atoms with Gasteiger partial charge in [-0.1, -0.05) is 18.2 Å². The molecule has 2 amide bonds. The lowest BCUT2D eigenvalue weighted by molar-refractivity contribution is -0.386. The molecule has 9 nitrogen and oxygen atoms in total. The number of nitro benzene ring substituents is 1. The number of nitrogens with zero attached hydrogens (tertiary/aromatic N) is 3. The van der Waals surface area contributed by atoms with Gasteiger partial charge in [0, 0.05) is 6.07 Å². The van der Waals surface area contributed by atoms with E-state index in [4.69, 9.17) is 4.74 Å². The normalized spacial score (nSPS) is 14.8. The Hall–Kier alpha value is -3.84. The first-order valence-electron chi connectivity index (χ1n) is 8.73. The lowest BCUT2D eigenvalue weighted by atomic mass is 10.1. The van der Waals surface area contributed by atoms with Crippen LogP contribution in [0.1, 0.15) is 23.6 Å². The minimum Gasteiger partial charge on any atom is -0.500 e. The van der Waals surface area contributed by atoms with Gasteiger partial charge in [-0.05, 0) is 48.0 Å². The average molecular weight is 425 g/mol. The monoisotopic (exact) mass is 425 g/mol. The first-order chi connectivity index (χ1) is 14.3. The van der Waals surface area contributed by atoms with Crippen molar-refractivity contribution in [1.29, 1.82) is 5.26 Å². The van der Waals surface area contributed by atoms with Gasteiger partial charge in [0.05, 0.1) is 34.6 Å². The minimum absolute atomic E-state index is 0.0638. The van der Waals surface area contributed by atoms with E-state index in [0.717, 1.165) is 11.0 Å². The number of nitriles is 1. The number of nitro groups is 1. The van der Waals surface area contributed by atoms with E-state index >= 15 is 0 Å². The Balaban J connectivity index is 1.94. The van der Waals surface area contributed by atoms with E-state index in [2.05, 4.69) is 0 Å². The summed E-state index contributed by atoms with van der Waals surface area (Å²) in [7, 11) is 0. The number of phenols is 1. The number of carbonyl (C=O) groups excluding carboxylic acids is 2. The summed E-state index contributed by atoms with van der Waals surface area (Å²) in [4.78, 5) is 36.6. The Kier molecular flexibility index (Phi) is 6.03. The standard InChI is InChI=1S/C20H15N3O6S/c1-2-29-16-8-12(7-15(18(16)24)23(27)28)9-17-19(25)22(20(26)30-17)11-14-6-4-3-5-13(14)10-21/h3-9,24H,2,11H2,1H3/b17-9-. The second-order valence-electron chi connectivity index (χ2n) is 6.11. The van der Waals surface area contributed by atoms with E-state index in [1.54, 1.807) is 31.2 Å². The maximum absolute atomic E-state index is 12.7. The highest BCUT2D eigenvalue weighted by molar-refractivity contribution is 8.18. The maximum Gasteiger partial charge on any atom is 0.315 e. The SMILES string of the molecule is CCOc1cc(/C=C2\SC(=O)N(Cc3ccccc3C#N)C2=O)cc([N+](=O)[O-])c1O. The second kappa shape index (κ2) is 8.67. The third kappa shape index (κ3) is 4.11. The van der Waals surface area contributed by atoms with Crippen molar-refractivity contribution in [3.05, 3.63) is 68.1 Å². The predicted molar refractivity (Wildman–Crippen MR) is 109 cm³/mol. The highest BCUT2D eigenvalue weighted by Crippen LogP contribution is 2.39. The molecule has 1 aliphatic heterocycles. The number of amides is 2. The van der Waals surface area contributed by atoms with Crippen LogP contribution in [0, 0.1) is 21.4 Å². The number of thioether (sulfide) groups is 1. The van der Waals surface area contributed by atoms with Crippen molar-refractivity contribution in [2.45, 2.75) is 13.5 Å². The van der Waals surface area contributed by atoms with Crippen LogP contribution in [0.2, 0.25) is 0 Å². The van der Waals surface area contributed by atoms with Crippen molar-refractivity contribution in [2.24, 2.45) is 0 Å². The molecular weight excluding hydrogens is 410 g/mol. The van der Waals surface area contributed by atoms with Gasteiger partial charge < -0.3 is 9.84 Å². The van der Waals surface area contributed by atoms with Crippen molar-refractivity contribution in [3.63, 3.8) is 0 Å². The zero-order chi connectivity index (χ0) is 21.8. The topological polar surface area (TPSA) is 134 Å². The Morgan fingerprint density at radius 1 is 1.33 bits per heavy atom. The van der Waals surface area contributed by atoms with E-state index in [0.29, 0.717) is 22.9 Å². The number of hydrogen-bond acceptors (Lipinski definition) is 8. The molecule has 10 heteroatoms. The van der Waals surface area contributed by atoms with Gasteiger partial charge in [-0.2, -0.15) is 5.26 Å². The van der Waals surface area contributed by atoms with Crippen LogP contribution in [-0.4, -0.2) is 32.7 Å². The van der Waals surface area contributed by atoms with Crippen LogP contribution in [0.5, 0.6) is 11.5 Å². The van der Waals surface area contributed by atoms with Crippen molar-refractivity contribution < 1.29 is 24.4 Å². The largest absolute Gasteiger partial charge is 0.500 e. The summed E-state index contributed by atoms with van der Waals surface area (Å²) >= 11 is 0.689. The first kappa shape index (κ1) is 20.9. The number of benzene rings is 2. The van der Waals surface area contributed by atoms with Gasteiger partial charge in [-0.25, -0.2) is 0 Å². The molecule has 1 N–H and O–H groups in total. The molecule has 2 aromatic rings. The van der Waals surface area contributed by atoms with Crippen LogP contribution in [0.25, 0.3) is 6.08 Å². The van der Waals surface area contributed by atoms with E-state index in [-0.39, 0.29) is 29.4 Å². The molecule has 0 spiro atoms. The van der Waals surface area contributed by atoms with Gasteiger partial charge in [-0.15, -0.1) is 0 Å². The average Bonchev–Trinajstić information content (AvgIpc) is 2.98. The molecule has 0 saturated carbocycles. The van der Waals surface area contributed by atoms with Gasteiger partial charge in [-0.3, -0.25) is 24.6 Å². The molecule has 1 fully saturated rings. The number of imide groups is 1. The summed E-state index contributed by atoms with van der Waals surface area (Å²) < 4.78 is 5.22. The molecule has 0 bridgehead atoms. The lowest BCUT2D eigenvalue weighted by Gasteiger charge is -2.13. The predicted octanol–water partition coefficient (Wildman–Crippen LogP) is 3.81. The fraction of sp³-hybridized carbons (Fsp3) is 0.150. The molecule has 1 aliphatic rings. The van der Waals surface area contributed by atoms with E-state index < -0.39 is 27.5 Å². The second-order valence-corrected chi connectivity index (χ2v) is 7.11. The molecule has 0 radical (unpaired) electrons. The number of hydrogen-bond donors (Lipinski definition) is 1. The minimum atomic E-state index is -0.764. The molecular formula is C20H15N3O6S. The van der Waals surface area contributed by atoms with Crippen LogP contribution in [0.3, 0.4) is 0 Å². The number of phenolic OH excluding ortho intramolecular Hbond substituents is 1. The summed E-state index contributed by atoms with van der Waals surface area (Å²) in [5.41, 5.74) is 0.541. The summed E-state index contributed by atoms with van der Waals surface area (Å²) in [6.45, 7) is 1.76. The molecule has 2 aromatic carbocycles. The zero-order valence-corrected chi connectivity index (χ0v) is 16.5. The molecule has 152 valence electrons.